The predicted octanol–water partition coefficient (Wildman–Crippen LogP) is 3.22. The van der Waals surface area contributed by atoms with E-state index in [9.17, 15) is 14.3 Å². The summed E-state index contributed by atoms with van der Waals surface area (Å²) in [6, 6.07) is 8.76. The molecule has 3 heterocycles. The molecule has 0 aliphatic carbocycles. The first-order valence-corrected chi connectivity index (χ1v) is 7.82. The van der Waals surface area contributed by atoms with Gasteiger partial charge in [-0.15, -0.1) is 11.3 Å². The summed E-state index contributed by atoms with van der Waals surface area (Å²) in [5, 5.41) is 13.2. The zero-order chi connectivity index (χ0) is 15.5. The number of nitrogens with zero attached hydrogens (tertiary/aromatic N) is 2. The van der Waals surface area contributed by atoms with Crippen LogP contribution >= 0.6 is 11.3 Å². The minimum atomic E-state index is -1.88. The van der Waals surface area contributed by atoms with Gasteiger partial charge < -0.3 is 5.11 Å². The molecule has 2 aromatic rings. The van der Waals surface area contributed by atoms with Crippen molar-refractivity contribution in [2.45, 2.75) is 25.2 Å². The lowest BCUT2D eigenvalue weighted by Crippen LogP contribution is -2.48. The second kappa shape index (κ2) is 4.47. The van der Waals surface area contributed by atoms with Crippen LogP contribution in [0.4, 0.5) is 15.1 Å². The maximum absolute atomic E-state index is 14.5. The van der Waals surface area contributed by atoms with E-state index in [0.29, 0.717) is 16.3 Å². The molecule has 6 heteroatoms. The molecule has 0 radical (unpaired) electrons. The number of fused-ring (bicyclic) bond motifs is 2. The lowest BCUT2D eigenvalue weighted by atomic mass is 9.87. The molecular formula is C16H13FN2O2S. The van der Waals surface area contributed by atoms with E-state index in [0.717, 1.165) is 5.56 Å². The quantitative estimate of drug-likeness (QED) is 0.822. The molecule has 1 aromatic heterocycles. The molecular weight excluding hydrogens is 303 g/mol. The normalized spacial score (nSPS) is 26.7. The summed E-state index contributed by atoms with van der Waals surface area (Å²) in [5.41, 5.74) is -0.0951. The number of aryl methyl sites for hydroxylation is 1. The van der Waals surface area contributed by atoms with E-state index in [-0.39, 0.29) is 12.3 Å². The van der Waals surface area contributed by atoms with Gasteiger partial charge in [0, 0.05) is 12.0 Å². The number of hydrogen-bond donors (Lipinski definition) is 1. The molecule has 22 heavy (non-hydrogen) atoms. The number of benzene rings is 1. The number of halogens is 1. The monoisotopic (exact) mass is 316 g/mol. The van der Waals surface area contributed by atoms with Crippen molar-refractivity contribution in [1.82, 2.24) is 0 Å². The summed E-state index contributed by atoms with van der Waals surface area (Å²) in [7, 11) is 0. The topological polar surface area (TPSA) is 52.9 Å². The maximum atomic E-state index is 14.5. The standard InChI is InChI=1S/C16H13FN2O2S/c1-9-4-5-10-11(7-9)18-15-16(21,14(10)20)8-12(17)19(15)13-3-2-6-22-13/h2-7,12,21H,8H2,1H3/t12-,16?/m1/s1. The average Bonchev–Trinajstić information content (AvgIpc) is 3.06. The molecule has 0 amide bonds. The van der Waals surface area contributed by atoms with Crippen molar-refractivity contribution < 1.29 is 14.3 Å². The van der Waals surface area contributed by atoms with Crippen LogP contribution < -0.4 is 4.90 Å². The van der Waals surface area contributed by atoms with Crippen LogP contribution in [0.3, 0.4) is 0 Å². The highest BCUT2D eigenvalue weighted by molar-refractivity contribution is 7.14. The van der Waals surface area contributed by atoms with Crippen LogP contribution in [-0.2, 0) is 0 Å². The first-order valence-electron chi connectivity index (χ1n) is 6.94. The fourth-order valence-electron chi connectivity index (χ4n) is 3.01. The van der Waals surface area contributed by atoms with Gasteiger partial charge in [-0.2, -0.15) is 0 Å². The molecule has 2 aliphatic rings. The van der Waals surface area contributed by atoms with Crippen molar-refractivity contribution in [1.29, 1.82) is 0 Å². The highest BCUT2D eigenvalue weighted by Crippen LogP contribution is 2.43. The summed E-state index contributed by atoms with van der Waals surface area (Å²) in [4.78, 5) is 18.4. The van der Waals surface area contributed by atoms with Gasteiger partial charge in [0.05, 0.1) is 10.7 Å². The zero-order valence-electron chi connectivity index (χ0n) is 11.8. The molecule has 0 spiro atoms. The molecule has 4 nitrogen and oxygen atoms in total. The molecule has 1 fully saturated rings. The van der Waals surface area contributed by atoms with E-state index in [1.165, 1.54) is 16.2 Å². The number of rotatable bonds is 1. The molecule has 2 aliphatic heterocycles. The van der Waals surface area contributed by atoms with Gasteiger partial charge in [-0.05, 0) is 42.1 Å². The second-order valence-corrected chi connectivity index (χ2v) is 6.53. The summed E-state index contributed by atoms with van der Waals surface area (Å²) in [5.74, 6) is -0.389. The summed E-state index contributed by atoms with van der Waals surface area (Å²) < 4.78 is 14.5. The van der Waals surface area contributed by atoms with Crippen LogP contribution in [0.25, 0.3) is 0 Å². The van der Waals surface area contributed by atoms with Crippen molar-refractivity contribution in [3.05, 3.63) is 46.8 Å². The van der Waals surface area contributed by atoms with Crippen LogP contribution in [0.2, 0.25) is 0 Å². The van der Waals surface area contributed by atoms with Gasteiger partial charge in [-0.3, -0.25) is 9.69 Å². The number of thiophene rings is 1. The molecule has 1 saturated heterocycles. The molecule has 0 saturated carbocycles. The van der Waals surface area contributed by atoms with E-state index in [1.54, 1.807) is 30.3 Å². The van der Waals surface area contributed by atoms with Gasteiger partial charge in [0.1, 0.15) is 0 Å². The van der Waals surface area contributed by atoms with Crippen molar-refractivity contribution in [3.63, 3.8) is 0 Å². The average molecular weight is 316 g/mol. The molecule has 1 N–H and O–H groups in total. The van der Waals surface area contributed by atoms with Gasteiger partial charge in [0.2, 0.25) is 5.78 Å². The largest absolute Gasteiger partial charge is 0.374 e. The molecule has 1 aromatic carbocycles. The maximum Gasteiger partial charge on any atom is 0.204 e. The highest BCUT2D eigenvalue weighted by atomic mass is 32.1. The lowest BCUT2D eigenvalue weighted by molar-refractivity contribution is 0.0549. The number of aliphatic imine (C=N–C) groups is 1. The molecule has 4 rings (SSSR count). The number of aliphatic hydroxyl groups is 1. The zero-order valence-corrected chi connectivity index (χ0v) is 12.6. The Morgan fingerprint density at radius 1 is 1.45 bits per heavy atom. The Balaban J connectivity index is 1.93. The predicted molar refractivity (Wildman–Crippen MR) is 83.9 cm³/mol. The Labute approximate surface area is 130 Å². The van der Waals surface area contributed by atoms with Crippen LogP contribution in [0.5, 0.6) is 0 Å². The molecule has 2 atom stereocenters. The van der Waals surface area contributed by atoms with E-state index in [2.05, 4.69) is 4.99 Å². The minimum Gasteiger partial charge on any atom is -0.374 e. The Bertz CT molecular complexity index is 802. The fraction of sp³-hybridized carbons (Fsp3) is 0.250. The number of anilines is 1. The van der Waals surface area contributed by atoms with Gasteiger partial charge in [-0.25, -0.2) is 9.38 Å². The third kappa shape index (κ3) is 1.71. The first-order chi connectivity index (χ1) is 10.5. The van der Waals surface area contributed by atoms with Crippen LogP contribution in [0.1, 0.15) is 22.3 Å². The van der Waals surface area contributed by atoms with E-state index >= 15 is 0 Å². The Hall–Kier alpha value is -2.05. The van der Waals surface area contributed by atoms with Crippen LogP contribution in [0.15, 0.2) is 40.7 Å². The van der Waals surface area contributed by atoms with Gasteiger partial charge in [0.15, 0.2) is 17.7 Å². The lowest BCUT2D eigenvalue weighted by Gasteiger charge is -2.28. The molecule has 1 unspecified atom stereocenters. The molecule has 112 valence electrons. The van der Waals surface area contributed by atoms with Crippen molar-refractivity contribution >= 4 is 33.6 Å². The summed E-state index contributed by atoms with van der Waals surface area (Å²) in [6.45, 7) is 1.90. The third-order valence-corrected chi connectivity index (χ3v) is 4.95. The highest BCUT2D eigenvalue weighted by Gasteiger charge is 2.57. The number of alkyl halides is 1. The van der Waals surface area contributed by atoms with E-state index in [1.807, 2.05) is 12.3 Å². The number of Topliss-reactive ketones (excluding diaryl/α,β-unsaturated/α-hetero) is 1. The number of hydrogen-bond acceptors (Lipinski definition) is 5. The number of carbonyl (C=O) groups excluding carboxylic acids is 1. The van der Waals surface area contributed by atoms with Gasteiger partial charge >= 0.3 is 0 Å². The summed E-state index contributed by atoms with van der Waals surface area (Å²) in [6.07, 6.45) is -1.77. The van der Waals surface area contributed by atoms with Crippen LogP contribution in [0, 0.1) is 6.92 Å². The SMILES string of the molecule is Cc1ccc2c(c1)N=C1N(c3cccs3)[C@@H](F)CC1(O)C2=O. The number of amidine groups is 1. The first kappa shape index (κ1) is 13.6. The smallest absolute Gasteiger partial charge is 0.204 e. The van der Waals surface area contributed by atoms with Gasteiger partial charge in [0.25, 0.3) is 0 Å². The Morgan fingerprint density at radius 3 is 3.00 bits per heavy atom. The number of carbonyl (C=O) groups is 1. The van der Waals surface area contributed by atoms with E-state index < -0.39 is 17.7 Å². The third-order valence-electron chi connectivity index (χ3n) is 4.09. The Morgan fingerprint density at radius 2 is 2.27 bits per heavy atom. The molecule has 0 bridgehead atoms. The number of ketones is 1. The van der Waals surface area contributed by atoms with Gasteiger partial charge in [-0.1, -0.05) is 6.07 Å². The Kier molecular flexibility index (Phi) is 2.76. The fourth-order valence-corrected chi connectivity index (χ4v) is 3.78. The van der Waals surface area contributed by atoms with Crippen molar-refractivity contribution in [3.8, 4) is 0 Å². The van der Waals surface area contributed by atoms with Crippen LogP contribution in [-0.4, -0.2) is 28.6 Å². The second-order valence-electron chi connectivity index (χ2n) is 5.61. The summed E-state index contributed by atoms with van der Waals surface area (Å²) >= 11 is 1.35. The van der Waals surface area contributed by atoms with E-state index in [4.69, 9.17) is 0 Å². The van der Waals surface area contributed by atoms with Crippen molar-refractivity contribution in [2.75, 3.05) is 4.90 Å². The minimum absolute atomic E-state index is 0.0885. The van der Waals surface area contributed by atoms with Crippen molar-refractivity contribution in [2.24, 2.45) is 4.99 Å².